The molecule has 4 rings (SSSR count). The Morgan fingerprint density at radius 1 is 1.21 bits per heavy atom. The minimum Gasteiger partial charge on any atom is -0.355 e. The zero-order valence-electron chi connectivity index (χ0n) is 16.1. The van der Waals surface area contributed by atoms with Crippen LogP contribution < -0.4 is 10.6 Å². The second-order valence-corrected chi connectivity index (χ2v) is 11.7. The molecule has 6 nitrogen and oxygen atoms in total. The number of anilines is 1. The molecule has 0 saturated carbocycles. The van der Waals surface area contributed by atoms with E-state index >= 15 is 0 Å². The summed E-state index contributed by atoms with van der Waals surface area (Å²) < 4.78 is 23.3. The average Bonchev–Trinajstić information content (AvgIpc) is 3.29. The van der Waals surface area contributed by atoms with E-state index in [0.29, 0.717) is 13.0 Å². The van der Waals surface area contributed by atoms with Crippen molar-refractivity contribution in [1.82, 2.24) is 5.32 Å². The van der Waals surface area contributed by atoms with Crippen LogP contribution in [0.5, 0.6) is 0 Å². The van der Waals surface area contributed by atoms with Gasteiger partial charge in [-0.15, -0.1) is 11.3 Å². The van der Waals surface area contributed by atoms with Gasteiger partial charge in [-0.1, -0.05) is 23.9 Å². The first-order valence-corrected chi connectivity index (χ1v) is 13.1. The zero-order chi connectivity index (χ0) is 20.4. The number of carbonyl (C=O) groups is 1. The lowest BCUT2D eigenvalue weighted by Crippen LogP contribution is -2.27. The first-order valence-electron chi connectivity index (χ1n) is 9.48. The fourth-order valence-corrected chi connectivity index (χ4v) is 8.06. The Labute approximate surface area is 179 Å². The Kier molecular flexibility index (Phi) is 5.98. The Morgan fingerprint density at radius 3 is 2.69 bits per heavy atom. The van der Waals surface area contributed by atoms with Crippen LogP contribution in [-0.4, -0.2) is 48.8 Å². The van der Waals surface area contributed by atoms with Gasteiger partial charge in [0.25, 0.3) is 0 Å². The number of thiophene rings is 1. The van der Waals surface area contributed by atoms with Crippen molar-refractivity contribution in [2.75, 3.05) is 23.4 Å². The molecule has 154 valence electrons. The number of aryl methyl sites for hydroxylation is 1. The molecule has 1 aromatic heterocycles. The second-order valence-electron chi connectivity index (χ2n) is 7.36. The standard InChI is InChI=1S/C20H23N3O3S3/c1-13-7-9-27-17(13)6-8-21-19(24)10-14-2-4-15(5-3-14)22-20-23-16-11-29(25,26)12-18(16)28-20/h2-5,7,9,16,18H,6,8,10-12H2,1H3,(H,21,24)(H,22,23)/t16-,18-/m0/s1. The fourth-order valence-electron chi connectivity index (χ4n) is 3.47. The van der Waals surface area contributed by atoms with Crippen LogP contribution in [0.1, 0.15) is 16.0 Å². The highest BCUT2D eigenvalue weighted by molar-refractivity contribution is 8.15. The summed E-state index contributed by atoms with van der Waals surface area (Å²) in [5.74, 6) is 0.372. The third-order valence-corrected chi connectivity index (χ3v) is 9.25. The summed E-state index contributed by atoms with van der Waals surface area (Å²) in [5, 5.41) is 9.11. The lowest BCUT2D eigenvalue weighted by atomic mass is 10.1. The van der Waals surface area contributed by atoms with E-state index in [2.05, 4.69) is 34.0 Å². The molecular weight excluding hydrogens is 426 g/mol. The van der Waals surface area contributed by atoms with E-state index in [1.807, 2.05) is 24.3 Å². The van der Waals surface area contributed by atoms with Crippen LogP contribution in [0.3, 0.4) is 0 Å². The first kappa shape index (κ1) is 20.4. The summed E-state index contributed by atoms with van der Waals surface area (Å²) in [5.41, 5.74) is 3.11. The number of nitrogens with one attached hydrogen (secondary N) is 2. The Bertz CT molecular complexity index is 1030. The number of aliphatic imine (C=N–C) groups is 1. The fraction of sp³-hybridized carbons (Fsp3) is 0.400. The highest BCUT2D eigenvalue weighted by Crippen LogP contribution is 2.34. The van der Waals surface area contributed by atoms with Crippen molar-refractivity contribution in [3.05, 3.63) is 51.7 Å². The van der Waals surface area contributed by atoms with E-state index < -0.39 is 9.84 Å². The van der Waals surface area contributed by atoms with Gasteiger partial charge in [-0.05, 0) is 48.1 Å². The molecule has 2 aliphatic heterocycles. The van der Waals surface area contributed by atoms with E-state index in [9.17, 15) is 13.2 Å². The van der Waals surface area contributed by atoms with Crippen LogP contribution in [0, 0.1) is 6.92 Å². The monoisotopic (exact) mass is 449 g/mol. The SMILES string of the molecule is Cc1ccsc1CCNC(=O)Cc1ccc(NC2=N[C@H]3CS(=O)(=O)C[C@@H]3S2)cc1. The van der Waals surface area contributed by atoms with Crippen LogP contribution in [0.15, 0.2) is 40.7 Å². The van der Waals surface area contributed by atoms with Gasteiger partial charge in [0.2, 0.25) is 5.91 Å². The molecule has 29 heavy (non-hydrogen) atoms. The van der Waals surface area contributed by atoms with Crippen molar-refractivity contribution < 1.29 is 13.2 Å². The van der Waals surface area contributed by atoms with Gasteiger partial charge in [0.15, 0.2) is 15.0 Å². The minimum atomic E-state index is -2.93. The van der Waals surface area contributed by atoms with Gasteiger partial charge in [-0.25, -0.2) is 8.42 Å². The van der Waals surface area contributed by atoms with Gasteiger partial charge in [-0.3, -0.25) is 9.79 Å². The molecule has 1 aromatic carbocycles. The number of amidine groups is 1. The van der Waals surface area contributed by atoms with Crippen LogP contribution in [0.4, 0.5) is 5.69 Å². The maximum atomic E-state index is 12.2. The largest absolute Gasteiger partial charge is 0.355 e. The number of hydrogen-bond acceptors (Lipinski definition) is 7. The maximum Gasteiger partial charge on any atom is 0.224 e. The summed E-state index contributed by atoms with van der Waals surface area (Å²) in [7, 11) is -2.93. The molecule has 9 heteroatoms. The molecule has 2 atom stereocenters. The van der Waals surface area contributed by atoms with Crippen molar-refractivity contribution in [1.29, 1.82) is 0 Å². The molecule has 0 unspecified atom stereocenters. The van der Waals surface area contributed by atoms with Crippen LogP contribution in [0.25, 0.3) is 0 Å². The molecule has 0 radical (unpaired) electrons. The topological polar surface area (TPSA) is 87.6 Å². The van der Waals surface area contributed by atoms with E-state index in [1.54, 1.807) is 11.3 Å². The van der Waals surface area contributed by atoms with Crippen LogP contribution in [0.2, 0.25) is 0 Å². The lowest BCUT2D eigenvalue weighted by Gasteiger charge is -2.08. The molecular formula is C20H23N3O3S3. The molecule has 1 amide bonds. The van der Waals surface area contributed by atoms with E-state index in [1.165, 1.54) is 22.2 Å². The Hall–Kier alpha value is -1.84. The predicted octanol–water partition coefficient (Wildman–Crippen LogP) is 2.64. The zero-order valence-corrected chi connectivity index (χ0v) is 18.5. The summed E-state index contributed by atoms with van der Waals surface area (Å²) >= 11 is 3.22. The van der Waals surface area contributed by atoms with Crippen molar-refractivity contribution >= 4 is 49.7 Å². The lowest BCUT2D eigenvalue weighted by molar-refractivity contribution is -0.120. The molecule has 0 aliphatic carbocycles. The molecule has 2 aromatic rings. The van der Waals surface area contributed by atoms with Crippen LogP contribution >= 0.6 is 23.1 Å². The van der Waals surface area contributed by atoms with E-state index in [0.717, 1.165) is 22.8 Å². The highest BCUT2D eigenvalue weighted by Gasteiger charge is 2.42. The van der Waals surface area contributed by atoms with E-state index in [4.69, 9.17) is 0 Å². The van der Waals surface area contributed by atoms with Gasteiger partial charge in [0.1, 0.15) is 0 Å². The molecule has 1 saturated heterocycles. The van der Waals surface area contributed by atoms with Gasteiger partial charge in [-0.2, -0.15) is 0 Å². The number of fused-ring (bicyclic) bond motifs is 1. The summed E-state index contributed by atoms with van der Waals surface area (Å²) in [6.45, 7) is 2.74. The highest BCUT2D eigenvalue weighted by atomic mass is 32.2. The summed E-state index contributed by atoms with van der Waals surface area (Å²) in [6.07, 6.45) is 1.21. The molecule has 2 aliphatic rings. The molecule has 0 bridgehead atoms. The second kappa shape index (κ2) is 8.49. The van der Waals surface area contributed by atoms with Gasteiger partial charge >= 0.3 is 0 Å². The van der Waals surface area contributed by atoms with Crippen molar-refractivity contribution in [2.45, 2.75) is 31.1 Å². The van der Waals surface area contributed by atoms with Crippen molar-refractivity contribution in [3.8, 4) is 0 Å². The van der Waals surface area contributed by atoms with Gasteiger partial charge < -0.3 is 10.6 Å². The smallest absolute Gasteiger partial charge is 0.224 e. The quantitative estimate of drug-likeness (QED) is 0.708. The predicted molar refractivity (Wildman–Crippen MR) is 121 cm³/mol. The molecule has 2 N–H and O–H groups in total. The number of carbonyl (C=O) groups excluding carboxylic acids is 1. The first-order chi connectivity index (χ1) is 13.9. The van der Waals surface area contributed by atoms with Crippen LogP contribution in [-0.2, 0) is 27.5 Å². The molecule has 3 heterocycles. The summed E-state index contributed by atoms with van der Waals surface area (Å²) in [6, 6.07) is 9.67. The molecule has 1 fully saturated rings. The minimum absolute atomic E-state index is 0.0182. The normalized spacial score (nSPS) is 22.2. The Morgan fingerprint density at radius 2 is 2.00 bits per heavy atom. The van der Waals surface area contributed by atoms with Crippen molar-refractivity contribution in [2.24, 2.45) is 4.99 Å². The number of amides is 1. The number of thioether (sulfide) groups is 1. The number of sulfone groups is 1. The number of hydrogen-bond donors (Lipinski definition) is 2. The average molecular weight is 450 g/mol. The molecule has 0 spiro atoms. The van der Waals surface area contributed by atoms with Gasteiger partial charge in [0.05, 0.1) is 24.0 Å². The number of rotatable bonds is 6. The Balaban J connectivity index is 1.24. The third kappa shape index (κ3) is 5.21. The van der Waals surface area contributed by atoms with Gasteiger partial charge in [0, 0.05) is 22.4 Å². The van der Waals surface area contributed by atoms with E-state index in [-0.39, 0.29) is 28.7 Å². The number of benzene rings is 1. The van der Waals surface area contributed by atoms with Crippen molar-refractivity contribution in [3.63, 3.8) is 0 Å². The summed E-state index contributed by atoms with van der Waals surface area (Å²) in [4.78, 5) is 18.0. The number of nitrogens with zero attached hydrogens (tertiary/aromatic N) is 1. The third-order valence-electron chi connectivity index (χ3n) is 5.03. The maximum absolute atomic E-state index is 12.2.